The van der Waals surface area contributed by atoms with Gasteiger partial charge in [0.25, 0.3) is 0 Å². The lowest BCUT2D eigenvalue weighted by atomic mass is 10.1. The van der Waals surface area contributed by atoms with Crippen molar-refractivity contribution in [3.05, 3.63) is 35.4 Å². The van der Waals surface area contributed by atoms with Gasteiger partial charge in [-0.1, -0.05) is 6.07 Å². The fourth-order valence-corrected chi connectivity index (χ4v) is 1.54. The van der Waals surface area contributed by atoms with Gasteiger partial charge in [0.15, 0.2) is 0 Å². The van der Waals surface area contributed by atoms with Gasteiger partial charge in [0, 0.05) is 18.5 Å². The van der Waals surface area contributed by atoms with Gasteiger partial charge in [-0.25, -0.2) is 8.78 Å². The molecule has 0 spiro atoms. The minimum absolute atomic E-state index is 0.0764. The second kappa shape index (κ2) is 7.22. The number of unbranched alkanes of at least 4 members (excludes halogenated alkanes) is 1. The highest BCUT2D eigenvalue weighted by atomic mass is 35.5. The van der Waals surface area contributed by atoms with Crippen molar-refractivity contribution >= 4 is 17.5 Å². The van der Waals surface area contributed by atoms with Crippen LogP contribution in [0, 0.1) is 11.6 Å². The Morgan fingerprint density at radius 1 is 1.29 bits per heavy atom. The fourth-order valence-electron chi connectivity index (χ4n) is 1.35. The van der Waals surface area contributed by atoms with Gasteiger partial charge in [-0.3, -0.25) is 4.79 Å². The minimum Gasteiger partial charge on any atom is -0.356 e. The van der Waals surface area contributed by atoms with E-state index >= 15 is 0 Å². The van der Waals surface area contributed by atoms with E-state index in [0.29, 0.717) is 12.4 Å². The van der Waals surface area contributed by atoms with E-state index in [9.17, 15) is 13.6 Å². The van der Waals surface area contributed by atoms with E-state index in [-0.39, 0.29) is 17.9 Å². The van der Waals surface area contributed by atoms with Crippen molar-refractivity contribution in [2.75, 3.05) is 12.4 Å². The summed E-state index contributed by atoms with van der Waals surface area (Å²) in [7, 11) is 0. The quantitative estimate of drug-likeness (QED) is 0.619. The average Bonchev–Trinajstić information content (AvgIpc) is 2.28. The number of hydrogen-bond acceptors (Lipinski definition) is 1. The summed E-state index contributed by atoms with van der Waals surface area (Å²) >= 11 is 5.48. The molecular formula is C12H14ClF2NO. The minimum atomic E-state index is -0.694. The number of benzene rings is 1. The van der Waals surface area contributed by atoms with Crippen LogP contribution in [-0.2, 0) is 11.2 Å². The third-order valence-electron chi connectivity index (χ3n) is 2.25. The van der Waals surface area contributed by atoms with Crippen LogP contribution in [0.1, 0.15) is 18.4 Å². The van der Waals surface area contributed by atoms with Crippen molar-refractivity contribution in [1.82, 2.24) is 5.32 Å². The van der Waals surface area contributed by atoms with E-state index in [4.69, 9.17) is 11.6 Å². The number of carbonyl (C=O) groups is 1. The molecule has 5 heteroatoms. The number of rotatable bonds is 6. The Morgan fingerprint density at radius 2 is 2.06 bits per heavy atom. The molecule has 0 atom stereocenters. The molecule has 0 saturated heterocycles. The van der Waals surface area contributed by atoms with Crippen LogP contribution in [0.5, 0.6) is 0 Å². The number of hydrogen-bond donors (Lipinski definition) is 1. The van der Waals surface area contributed by atoms with Crippen molar-refractivity contribution in [3.8, 4) is 0 Å². The molecule has 17 heavy (non-hydrogen) atoms. The molecule has 1 aromatic rings. The highest BCUT2D eigenvalue weighted by Crippen LogP contribution is 2.09. The van der Waals surface area contributed by atoms with Gasteiger partial charge < -0.3 is 5.32 Å². The van der Waals surface area contributed by atoms with Crippen LogP contribution >= 0.6 is 11.6 Å². The molecular weight excluding hydrogens is 248 g/mol. The second-order valence-corrected chi connectivity index (χ2v) is 4.04. The maximum Gasteiger partial charge on any atom is 0.224 e. The monoisotopic (exact) mass is 261 g/mol. The third-order valence-corrected chi connectivity index (χ3v) is 2.52. The van der Waals surface area contributed by atoms with Crippen molar-refractivity contribution in [1.29, 1.82) is 0 Å². The lowest BCUT2D eigenvalue weighted by molar-refractivity contribution is -0.120. The highest BCUT2D eigenvalue weighted by molar-refractivity contribution is 6.17. The molecule has 94 valence electrons. The first-order valence-corrected chi connectivity index (χ1v) is 5.93. The van der Waals surface area contributed by atoms with Gasteiger partial charge in [-0.15, -0.1) is 11.6 Å². The molecule has 0 bridgehead atoms. The zero-order valence-electron chi connectivity index (χ0n) is 9.31. The Bertz CT molecular complexity index is 385. The standard InChI is InChI=1S/C12H14ClF2NO/c13-5-1-2-6-16-12(17)7-9-3-4-10(14)8-11(9)15/h3-4,8H,1-2,5-7H2,(H,16,17). The summed E-state index contributed by atoms with van der Waals surface area (Å²) in [5.41, 5.74) is 0.196. The van der Waals surface area contributed by atoms with E-state index < -0.39 is 11.6 Å². The Kier molecular flexibility index (Phi) is 5.91. The van der Waals surface area contributed by atoms with E-state index in [2.05, 4.69) is 5.32 Å². The molecule has 0 aliphatic carbocycles. The van der Waals surface area contributed by atoms with Gasteiger partial charge in [-0.2, -0.15) is 0 Å². The van der Waals surface area contributed by atoms with E-state index in [1.165, 1.54) is 6.07 Å². The fraction of sp³-hybridized carbons (Fsp3) is 0.417. The smallest absolute Gasteiger partial charge is 0.224 e. The summed E-state index contributed by atoms with van der Waals surface area (Å²) in [5, 5.41) is 2.65. The van der Waals surface area contributed by atoms with E-state index in [1.54, 1.807) is 0 Å². The molecule has 1 rings (SSSR count). The van der Waals surface area contributed by atoms with Crippen molar-refractivity contribution in [2.45, 2.75) is 19.3 Å². The summed E-state index contributed by atoms with van der Waals surface area (Å²) in [6.07, 6.45) is 1.54. The largest absolute Gasteiger partial charge is 0.356 e. The van der Waals surface area contributed by atoms with Crippen LogP contribution < -0.4 is 5.32 Å². The van der Waals surface area contributed by atoms with Crippen LogP contribution in [0.2, 0.25) is 0 Å². The molecule has 1 N–H and O–H groups in total. The number of carbonyl (C=O) groups excluding carboxylic acids is 1. The van der Waals surface area contributed by atoms with E-state index in [0.717, 1.165) is 25.0 Å². The molecule has 0 fully saturated rings. The molecule has 0 aliphatic heterocycles. The maximum atomic E-state index is 13.2. The number of nitrogens with one attached hydrogen (secondary N) is 1. The molecule has 0 radical (unpaired) electrons. The first-order valence-electron chi connectivity index (χ1n) is 5.40. The van der Waals surface area contributed by atoms with Gasteiger partial charge in [0.05, 0.1) is 6.42 Å². The molecule has 0 unspecified atom stereocenters. The Morgan fingerprint density at radius 3 is 2.71 bits per heavy atom. The Labute approximate surface area is 104 Å². The van der Waals surface area contributed by atoms with Gasteiger partial charge >= 0.3 is 0 Å². The number of alkyl halides is 1. The number of amides is 1. The van der Waals surface area contributed by atoms with Crippen molar-refractivity contribution in [3.63, 3.8) is 0 Å². The first-order chi connectivity index (χ1) is 8.13. The Balaban J connectivity index is 2.40. The lowest BCUT2D eigenvalue weighted by Crippen LogP contribution is -2.26. The van der Waals surface area contributed by atoms with Gasteiger partial charge in [0.1, 0.15) is 11.6 Å². The highest BCUT2D eigenvalue weighted by Gasteiger charge is 2.08. The Hall–Kier alpha value is -1.16. The zero-order chi connectivity index (χ0) is 12.7. The van der Waals surface area contributed by atoms with Crippen LogP contribution in [0.15, 0.2) is 18.2 Å². The van der Waals surface area contributed by atoms with Gasteiger partial charge in [0.2, 0.25) is 5.91 Å². The normalized spacial score (nSPS) is 10.3. The molecule has 0 aromatic heterocycles. The summed E-state index contributed by atoms with van der Waals surface area (Å²) in [6, 6.07) is 3.19. The summed E-state index contributed by atoms with van der Waals surface area (Å²) < 4.78 is 25.8. The van der Waals surface area contributed by atoms with Crippen LogP contribution in [0.3, 0.4) is 0 Å². The number of halogens is 3. The first kappa shape index (κ1) is 13.9. The molecule has 1 aromatic carbocycles. The van der Waals surface area contributed by atoms with E-state index in [1.807, 2.05) is 0 Å². The summed E-state index contributed by atoms with van der Waals surface area (Å²) in [4.78, 5) is 11.4. The predicted octanol–water partition coefficient (Wildman–Crippen LogP) is 2.64. The SMILES string of the molecule is O=C(Cc1ccc(F)cc1F)NCCCCCl. The van der Waals surface area contributed by atoms with Gasteiger partial charge in [-0.05, 0) is 24.5 Å². The summed E-state index contributed by atoms with van der Waals surface area (Å²) in [5.74, 6) is -1.05. The topological polar surface area (TPSA) is 29.1 Å². The molecule has 0 saturated carbocycles. The molecule has 0 heterocycles. The third kappa shape index (κ3) is 5.13. The van der Waals surface area contributed by atoms with Crippen LogP contribution in [0.25, 0.3) is 0 Å². The van der Waals surface area contributed by atoms with Crippen molar-refractivity contribution < 1.29 is 13.6 Å². The molecule has 2 nitrogen and oxygen atoms in total. The zero-order valence-corrected chi connectivity index (χ0v) is 10.1. The second-order valence-electron chi connectivity index (χ2n) is 3.66. The average molecular weight is 262 g/mol. The summed E-state index contributed by atoms with van der Waals surface area (Å²) in [6.45, 7) is 0.522. The predicted molar refractivity (Wildman–Crippen MR) is 63.0 cm³/mol. The maximum absolute atomic E-state index is 13.2. The van der Waals surface area contributed by atoms with Crippen LogP contribution in [-0.4, -0.2) is 18.3 Å². The molecule has 0 aliphatic rings. The van der Waals surface area contributed by atoms with Crippen molar-refractivity contribution in [2.24, 2.45) is 0 Å². The lowest BCUT2D eigenvalue weighted by Gasteiger charge is -2.05. The molecule has 1 amide bonds. The van der Waals surface area contributed by atoms with Crippen LogP contribution in [0.4, 0.5) is 8.78 Å².